The van der Waals surface area contributed by atoms with Gasteiger partial charge in [0.15, 0.2) is 0 Å². The van der Waals surface area contributed by atoms with Crippen LogP contribution in [0.3, 0.4) is 0 Å². The fourth-order valence-corrected chi connectivity index (χ4v) is 1.26. The normalized spacial score (nSPS) is 12.2. The average molecular weight is 226 g/mol. The lowest BCUT2D eigenvalue weighted by Crippen LogP contribution is -2.41. The maximum absolute atomic E-state index is 11.7. The zero-order valence-electron chi connectivity index (χ0n) is 8.96. The fourth-order valence-electron chi connectivity index (χ4n) is 1.20. The number of carbonyl (C=O) groups excluding carboxylic acids is 1. The van der Waals surface area contributed by atoms with Gasteiger partial charge >= 0.3 is 0 Å². The predicted octanol–water partition coefficient (Wildman–Crippen LogP) is 1.30. The molecule has 3 N–H and O–H groups in total. The molecule has 0 radical (unpaired) electrons. The first-order chi connectivity index (χ1) is 6.91. The van der Waals surface area contributed by atoms with E-state index in [9.17, 15) is 4.79 Å². The van der Waals surface area contributed by atoms with E-state index in [0.29, 0.717) is 17.1 Å². The van der Waals surface area contributed by atoms with Crippen LogP contribution in [0.15, 0.2) is 10.5 Å². The molecule has 0 saturated carbocycles. The number of nitrogens with two attached hydrogens (primary N) is 1. The van der Waals surface area contributed by atoms with Crippen LogP contribution in [0, 0.1) is 13.8 Å². The van der Waals surface area contributed by atoms with Gasteiger partial charge in [-0.25, -0.2) is 0 Å². The smallest absolute Gasteiger partial charge is 0.255 e. The van der Waals surface area contributed by atoms with Crippen LogP contribution in [0.1, 0.15) is 28.8 Å². The fraction of sp³-hybridized carbons (Fsp3) is 0.400. The highest BCUT2D eigenvalue weighted by Gasteiger charge is 2.16. The minimum Gasteiger partial charge on any atom is -0.466 e. The first kappa shape index (κ1) is 11.7. The number of hydrogen-bond donors (Lipinski definition) is 2. The molecule has 0 aromatic carbocycles. The van der Waals surface area contributed by atoms with Crippen LogP contribution in [0.2, 0.25) is 0 Å². The Morgan fingerprint density at radius 1 is 1.60 bits per heavy atom. The highest BCUT2D eigenvalue weighted by Crippen LogP contribution is 2.13. The summed E-state index contributed by atoms with van der Waals surface area (Å²) in [6.45, 7) is 5.27. The van der Waals surface area contributed by atoms with E-state index in [2.05, 4.69) is 5.32 Å². The Bertz CT molecular complexity index is 398. The molecule has 0 fully saturated rings. The van der Waals surface area contributed by atoms with Crippen molar-refractivity contribution >= 4 is 23.1 Å². The second kappa shape index (κ2) is 4.44. The molecule has 1 rings (SSSR count). The first-order valence-electron chi connectivity index (χ1n) is 4.59. The molecular weight excluding hydrogens is 212 g/mol. The van der Waals surface area contributed by atoms with Gasteiger partial charge in [-0.2, -0.15) is 0 Å². The van der Waals surface area contributed by atoms with E-state index in [1.165, 1.54) is 0 Å². The van der Waals surface area contributed by atoms with Gasteiger partial charge in [-0.05, 0) is 26.8 Å². The Morgan fingerprint density at radius 2 is 2.20 bits per heavy atom. The van der Waals surface area contributed by atoms with Gasteiger partial charge in [0.05, 0.1) is 16.6 Å². The molecule has 1 aromatic heterocycles. The summed E-state index contributed by atoms with van der Waals surface area (Å²) in [4.78, 5) is 12.0. The average Bonchev–Trinajstić information content (AvgIpc) is 2.44. The summed E-state index contributed by atoms with van der Waals surface area (Å²) >= 11 is 4.76. The highest BCUT2D eigenvalue weighted by molar-refractivity contribution is 7.80. The zero-order chi connectivity index (χ0) is 11.6. The van der Waals surface area contributed by atoms with Gasteiger partial charge in [0.1, 0.15) is 11.5 Å². The Balaban J connectivity index is 2.77. The lowest BCUT2D eigenvalue weighted by Gasteiger charge is -2.11. The Labute approximate surface area is 93.8 Å². The number of hydrogen-bond acceptors (Lipinski definition) is 3. The Kier molecular flexibility index (Phi) is 3.47. The van der Waals surface area contributed by atoms with Crippen LogP contribution in [-0.4, -0.2) is 16.9 Å². The van der Waals surface area contributed by atoms with E-state index in [0.717, 1.165) is 0 Å². The van der Waals surface area contributed by atoms with E-state index >= 15 is 0 Å². The molecule has 1 heterocycles. The number of carbonyl (C=O) groups is 1. The van der Waals surface area contributed by atoms with Gasteiger partial charge in [0, 0.05) is 0 Å². The van der Waals surface area contributed by atoms with Crippen molar-refractivity contribution in [1.82, 2.24) is 5.32 Å². The third-order valence-electron chi connectivity index (χ3n) is 2.06. The van der Waals surface area contributed by atoms with Crippen molar-refractivity contribution in [3.63, 3.8) is 0 Å². The van der Waals surface area contributed by atoms with Crippen molar-refractivity contribution in [2.45, 2.75) is 26.8 Å². The summed E-state index contributed by atoms with van der Waals surface area (Å²) in [5.41, 5.74) is 5.92. The largest absolute Gasteiger partial charge is 0.466 e. The molecule has 5 heteroatoms. The van der Waals surface area contributed by atoms with Gasteiger partial charge in [-0.1, -0.05) is 12.2 Å². The molecule has 1 amide bonds. The molecule has 0 aliphatic heterocycles. The van der Waals surface area contributed by atoms with E-state index in [-0.39, 0.29) is 16.9 Å². The minimum absolute atomic E-state index is 0.218. The molecule has 0 saturated heterocycles. The van der Waals surface area contributed by atoms with Gasteiger partial charge in [-0.3, -0.25) is 4.79 Å². The van der Waals surface area contributed by atoms with Crippen molar-refractivity contribution < 1.29 is 9.21 Å². The minimum atomic E-state index is -0.317. The molecule has 1 aromatic rings. The second-order valence-corrected chi connectivity index (χ2v) is 3.90. The van der Waals surface area contributed by atoms with Crippen LogP contribution in [0.5, 0.6) is 0 Å². The van der Waals surface area contributed by atoms with E-state index in [4.69, 9.17) is 22.4 Å². The number of rotatable bonds is 3. The quantitative estimate of drug-likeness (QED) is 0.762. The molecule has 15 heavy (non-hydrogen) atoms. The SMILES string of the molecule is Cc1cc(C(=O)NC(C)C(N)=S)c(C)o1. The van der Waals surface area contributed by atoms with Crippen molar-refractivity contribution in [1.29, 1.82) is 0 Å². The summed E-state index contributed by atoms with van der Waals surface area (Å²) in [5.74, 6) is 1.09. The third kappa shape index (κ3) is 2.79. The van der Waals surface area contributed by atoms with Gasteiger partial charge in [-0.15, -0.1) is 0 Å². The van der Waals surface area contributed by atoms with Crippen LogP contribution < -0.4 is 11.1 Å². The molecule has 0 spiro atoms. The number of nitrogens with one attached hydrogen (secondary N) is 1. The number of aryl methyl sites for hydroxylation is 2. The molecular formula is C10H14N2O2S. The summed E-state index contributed by atoms with van der Waals surface area (Å²) < 4.78 is 5.25. The van der Waals surface area contributed by atoms with Crippen LogP contribution in [-0.2, 0) is 0 Å². The van der Waals surface area contributed by atoms with Crippen molar-refractivity contribution in [2.24, 2.45) is 5.73 Å². The maximum Gasteiger partial charge on any atom is 0.255 e. The Morgan fingerprint density at radius 3 is 2.60 bits per heavy atom. The van der Waals surface area contributed by atoms with Crippen molar-refractivity contribution in [3.8, 4) is 0 Å². The summed E-state index contributed by atoms with van der Waals surface area (Å²) in [6.07, 6.45) is 0. The molecule has 1 unspecified atom stereocenters. The molecule has 4 nitrogen and oxygen atoms in total. The lowest BCUT2D eigenvalue weighted by molar-refractivity contribution is 0.0948. The molecule has 82 valence electrons. The van der Waals surface area contributed by atoms with Crippen LogP contribution >= 0.6 is 12.2 Å². The first-order valence-corrected chi connectivity index (χ1v) is 5.00. The predicted molar refractivity (Wildman–Crippen MR) is 61.9 cm³/mol. The lowest BCUT2D eigenvalue weighted by atomic mass is 10.2. The topological polar surface area (TPSA) is 68.3 Å². The summed E-state index contributed by atoms with van der Waals surface area (Å²) in [7, 11) is 0. The van der Waals surface area contributed by atoms with Crippen molar-refractivity contribution in [3.05, 3.63) is 23.2 Å². The van der Waals surface area contributed by atoms with E-state index in [1.54, 1.807) is 26.8 Å². The van der Waals surface area contributed by atoms with E-state index < -0.39 is 0 Å². The maximum atomic E-state index is 11.7. The standard InChI is InChI=1S/C10H14N2O2S/c1-5-4-8(7(3)14-5)10(13)12-6(2)9(11)15/h4,6H,1-3H3,(H2,11,15)(H,12,13). The molecule has 0 bridgehead atoms. The Hall–Kier alpha value is -1.36. The van der Waals surface area contributed by atoms with Gasteiger partial charge in [0.25, 0.3) is 5.91 Å². The number of amides is 1. The monoisotopic (exact) mass is 226 g/mol. The zero-order valence-corrected chi connectivity index (χ0v) is 9.77. The summed E-state index contributed by atoms with van der Waals surface area (Å²) in [6, 6.07) is 1.37. The molecule has 0 aliphatic rings. The summed E-state index contributed by atoms with van der Waals surface area (Å²) in [5, 5.41) is 2.68. The van der Waals surface area contributed by atoms with E-state index in [1.807, 2.05) is 0 Å². The van der Waals surface area contributed by atoms with Gasteiger partial charge in [0.2, 0.25) is 0 Å². The second-order valence-electron chi connectivity index (χ2n) is 3.42. The van der Waals surface area contributed by atoms with Crippen molar-refractivity contribution in [2.75, 3.05) is 0 Å². The van der Waals surface area contributed by atoms with Gasteiger partial charge < -0.3 is 15.5 Å². The number of thiocarbonyl (C=S) groups is 1. The van der Waals surface area contributed by atoms with Crippen LogP contribution in [0.4, 0.5) is 0 Å². The third-order valence-corrected chi connectivity index (χ3v) is 2.41. The number of furan rings is 1. The molecule has 1 atom stereocenters. The van der Waals surface area contributed by atoms with Crippen LogP contribution in [0.25, 0.3) is 0 Å². The molecule has 0 aliphatic carbocycles. The highest BCUT2D eigenvalue weighted by atomic mass is 32.1.